The largest absolute Gasteiger partial charge is 0.378 e. The molecule has 160 valence electrons. The standard InChI is InChI=1S/C22H25N7OS/c1-2-17-15-31-21(27-17)18(13-23)19-6-8-25-22(28-19)24-7-5-16-3-4-20(26-14-16)29-9-11-30-12-10-29/h3-4,6,8,14-15,27H,2,5,7,9-12H2,1H3,(H,24,25,28)/b21-18-. The van der Waals surface area contributed by atoms with Gasteiger partial charge in [0.05, 0.1) is 23.9 Å². The molecule has 4 rings (SSSR count). The van der Waals surface area contributed by atoms with Crippen molar-refractivity contribution >= 4 is 29.1 Å². The number of nitrogens with one attached hydrogen (secondary N) is 2. The third-order valence-corrected chi connectivity index (χ3v) is 6.01. The number of pyridine rings is 1. The van der Waals surface area contributed by atoms with Crippen LogP contribution in [0, 0.1) is 11.3 Å². The molecule has 1 fully saturated rings. The molecule has 2 aliphatic heterocycles. The van der Waals surface area contributed by atoms with Gasteiger partial charge < -0.3 is 20.3 Å². The topological polar surface area (TPSA) is 99.0 Å². The zero-order valence-electron chi connectivity index (χ0n) is 17.5. The van der Waals surface area contributed by atoms with Crippen molar-refractivity contribution in [2.75, 3.05) is 43.1 Å². The third-order valence-electron chi connectivity index (χ3n) is 5.07. The number of morpholine rings is 1. The molecule has 1 saturated heterocycles. The molecule has 8 nitrogen and oxygen atoms in total. The van der Waals surface area contributed by atoms with Crippen LogP contribution in [0.25, 0.3) is 5.57 Å². The van der Waals surface area contributed by atoms with Gasteiger partial charge in [-0.05, 0) is 35.9 Å². The highest BCUT2D eigenvalue weighted by Crippen LogP contribution is 2.31. The van der Waals surface area contributed by atoms with Crippen molar-refractivity contribution in [2.24, 2.45) is 0 Å². The molecule has 2 aromatic rings. The Morgan fingerprint density at radius 2 is 2.16 bits per heavy atom. The summed E-state index contributed by atoms with van der Waals surface area (Å²) in [6.07, 6.45) is 5.30. The summed E-state index contributed by atoms with van der Waals surface area (Å²) in [5.41, 5.74) is 3.38. The maximum atomic E-state index is 9.65. The van der Waals surface area contributed by atoms with Crippen LogP contribution in [-0.4, -0.2) is 47.8 Å². The number of hydrogen-bond donors (Lipinski definition) is 2. The van der Waals surface area contributed by atoms with E-state index in [4.69, 9.17) is 4.74 Å². The number of nitriles is 1. The molecule has 0 amide bonds. The molecule has 31 heavy (non-hydrogen) atoms. The summed E-state index contributed by atoms with van der Waals surface area (Å²) < 4.78 is 5.39. The molecule has 2 N–H and O–H groups in total. The molecule has 0 saturated carbocycles. The maximum Gasteiger partial charge on any atom is 0.223 e. The number of allylic oxidation sites excluding steroid dienone is 2. The molecule has 0 aliphatic carbocycles. The first-order valence-corrected chi connectivity index (χ1v) is 11.3. The second kappa shape index (κ2) is 10.3. The molecule has 0 atom stereocenters. The lowest BCUT2D eigenvalue weighted by molar-refractivity contribution is 0.122. The fraction of sp³-hybridized carbons (Fsp3) is 0.364. The van der Waals surface area contributed by atoms with Gasteiger partial charge in [0.1, 0.15) is 17.5 Å². The Hall–Kier alpha value is -3.09. The Morgan fingerprint density at radius 3 is 2.87 bits per heavy atom. The van der Waals surface area contributed by atoms with Crippen molar-refractivity contribution in [3.8, 4) is 6.07 Å². The molecule has 0 radical (unpaired) electrons. The average Bonchev–Trinajstić information content (AvgIpc) is 3.30. The third kappa shape index (κ3) is 5.34. The van der Waals surface area contributed by atoms with Crippen molar-refractivity contribution in [1.29, 1.82) is 5.26 Å². The molecule has 0 unspecified atom stereocenters. The molecule has 0 aromatic carbocycles. The fourth-order valence-corrected chi connectivity index (χ4v) is 4.24. The number of hydrogen-bond acceptors (Lipinski definition) is 9. The van der Waals surface area contributed by atoms with Crippen molar-refractivity contribution < 1.29 is 4.74 Å². The van der Waals surface area contributed by atoms with Gasteiger partial charge in [-0.25, -0.2) is 15.0 Å². The number of nitrogens with zero attached hydrogens (tertiary/aromatic N) is 5. The zero-order chi connectivity index (χ0) is 21.5. The molecule has 0 spiro atoms. The predicted octanol–water partition coefficient (Wildman–Crippen LogP) is 3.14. The molecular formula is C22H25N7OS. The van der Waals surface area contributed by atoms with Crippen LogP contribution in [0.15, 0.2) is 46.7 Å². The number of thioether (sulfide) groups is 1. The van der Waals surface area contributed by atoms with Crippen molar-refractivity contribution in [3.05, 3.63) is 58.0 Å². The van der Waals surface area contributed by atoms with Crippen LogP contribution < -0.4 is 15.5 Å². The van der Waals surface area contributed by atoms with E-state index < -0.39 is 0 Å². The van der Waals surface area contributed by atoms with Gasteiger partial charge in [-0.15, -0.1) is 0 Å². The fourth-order valence-electron chi connectivity index (χ4n) is 3.30. The summed E-state index contributed by atoms with van der Waals surface area (Å²) in [5.74, 6) is 1.50. The first-order chi connectivity index (χ1) is 15.3. The lowest BCUT2D eigenvalue weighted by Gasteiger charge is -2.27. The van der Waals surface area contributed by atoms with E-state index in [1.54, 1.807) is 12.3 Å². The van der Waals surface area contributed by atoms with Crippen LogP contribution in [0.3, 0.4) is 0 Å². The molecule has 2 aliphatic rings. The Kier molecular flexibility index (Phi) is 7.02. The van der Waals surface area contributed by atoms with E-state index in [1.807, 2.05) is 11.6 Å². The van der Waals surface area contributed by atoms with Crippen molar-refractivity contribution in [2.45, 2.75) is 19.8 Å². The lowest BCUT2D eigenvalue weighted by atomic mass is 10.2. The van der Waals surface area contributed by atoms with E-state index in [1.165, 1.54) is 11.8 Å². The Bertz CT molecular complexity index is 1010. The van der Waals surface area contributed by atoms with Crippen LogP contribution in [0.1, 0.15) is 24.6 Å². The average molecular weight is 436 g/mol. The monoisotopic (exact) mass is 435 g/mol. The van der Waals surface area contributed by atoms with E-state index in [9.17, 15) is 5.26 Å². The molecular weight excluding hydrogens is 410 g/mol. The van der Waals surface area contributed by atoms with Gasteiger partial charge in [0.2, 0.25) is 5.95 Å². The maximum absolute atomic E-state index is 9.65. The number of ether oxygens (including phenoxy) is 1. The number of aromatic nitrogens is 3. The van der Waals surface area contributed by atoms with Crippen LogP contribution >= 0.6 is 11.8 Å². The van der Waals surface area contributed by atoms with E-state index in [0.717, 1.165) is 61.3 Å². The second-order valence-corrected chi connectivity index (χ2v) is 8.00. The van der Waals surface area contributed by atoms with Gasteiger partial charge in [0, 0.05) is 37.7 Å². The Morgan fingerprint density at radius 1 is 1.29 bits per heavy atom. The van der Waals surface area contributed by atoms with Crippen molar-refractivity contribution in [3.63, 3.8) is 0 Å². The summed E-state index contributed by atoms with van der Waals surface area (Å²) in [6, 6.07) is 8.20. The van der Waals surface area contributed by atoms with E-state index in [0.29, 0.717) is 23.8 Å². The van der Waals surface area contributed by atoms with Crippen molar-refractivity contribution in [1.82, 2.24) is 20.3 Å². The van der Waals surface area contributed by atoms with E-state index in [-0.39, 0.29) is 0 Å². The van der Waals surface area contributed by atoms with Gasteiger partial charge in [0.25, 0.3) is 0 Å². The number of anilines is 2. The molecule has 0 bridgehead atoms. The molecule has 9 heteroatoms. The Labute approximate surface area is 186 Å². The quantitative estimate of drug-likeness (QED) is 0.635. The Balaban J connectivity index is 1.34. The van der Waals surface area contributed by atoms with Crippen LogP contribution in [-0.2, 0) is 11.2 Å². The minimum atomic E-state index is 0.510. The van der Waals surface area contributed by atoms with E-state index >= 15 is 0 Å². The van der Waals surface area contributed by atoms with Gasteiger partial charge in [-0.1, -0.05) is 24.8 Å². The zero-order valence-corrected chi connectivity index (χ0v) is 18.3. The second-order valence-electron chi connectivity index (χ2n) is 7.12. The molecule has 2 aromatic heterocycles. The normalized spacial score (nSPS) is 17.5. The minimum absolute atomic E-state index is 0.510. The number of rotatable bonds is 7. The molecule has 4 heterocycles. The highest BCUT2D eigenvalue weighted by Gasteiger charge is 2.17. The van der Waals surface area contributed by atoms with Crippen LogP contribution in [0.5, 0.6) is 0 Å². The predicted molar refractivity (Wildman–Crippen MR) is 123 cm³/mol. The van der Waals surface area contributed by atoms with E-state index in [2.05, 4.69) is 55.6 Å². The van der Waals surface area contributed by atoms with Gasteiger partial charge in [0.15, 0.2) is 0 Å². The first kappa shape index (κ1) is 21.2. The van der Waals surface area contributed by atoms with Crippen LogP contribution in [0.4, 0.5) is 11.8 Å². The summed E-state index contributed by atoms with van der Waals surface area (Å²) in [5, 5.41) is 19.0. The SMILES string of the molecule is CCC1=CS/C(=C(/C#N)c2ccnc(NCCc3ccc(N4CCOCC4)nc3)n2)N1. The summed E-state index contributed by atoms with van der Waals surface area (Å²) in [4.78, 5) is 15.7. The van der Waals surface area contributed by atoms with Crippen LogP contribution in [0.2, 0.25) is 0 Å². The highest BCUT2D eigenvalue weighted by atomic mass is 32.2. The van der Waals surface area contributed by atoms with Gasteiger partial charge in [-0.3, -0.25) is 0 Å². The summed E-state index contributed by atoms with van der Waals surface area (Å²) >= 11 is 1.52. The highest BCUT2D eigenvalue weighted by molar-refractivity contribution is 8.06. The first-order valence-electron chi connectivity index (χ1n) is 10.4. The van der Waals surface area contributed by atoms with Gasteiger partial charge >= 0.3 is 0 Å². The summed E-state index contributed by atoms with van der Waals surface area (Å²) in [7, 11) is 0. The summed E-state index contributed by atoms with van der Waals surface area (Å²) in [6.45, 7) is 6.02. The lowest BCUT2D eigenvalue weighted by Crippen LogP contribution is -2.36. The smallest absolute Gasteiger partial charge is 0.223 e. The van der Waals surface area contributed by atoms with Gasteiger partial charge in [-0.2, -0.15) is 5.26 Å². The minimum Gasteiger partial charge on any atom is -0.378 e.